The molecule has 1 aromatic carbocycles. The van der Waals surface area contributed by atoms with Crippen LogP contribution in [-0.2, 0) is 9.53 Å². The molecule has 4 nitrogen and oxygen atoms in total. The minimum atomic E-state index is -0.291. The van der Waals surface area contributed by atoms with E-state index in [2.05, 4.69) is 10.6 Å². The molecule has 2 atom stereocenters. The van der Waals surface area contributed by atoms with E-state index in [1.165, 1.54) is 12.1 Å². The number of anilines is 1. The van der Waals surface area contributed by atoms with Crippen LogP contribution in [0.2, 0.25) is 0 Å². The number of hydrogen-bond donors (Lipinski definition) is 2. The molecule has 0 spiro atoms. The van der Waals surface area contributed by atoms with Gasteiger partial charge in [0.2, 0.25) is 5.91 Å². The molecule has 0 bridgehead atoms. The Balaban J connectivity index is 1.58. The third-order valence-electron chi connectivity index (χ3n) is 3.33. The van der Waals surface area contributed by atoms with E-state index in [0.29, 0.717) is 13.1 Å². The maximum Gasteiger partial charge on any atom is 0.249 e. The minimum absolute atomic E-state index is 0.0277. The Morgan fingerprint density at radius 1 is 1.40 bits per heavy atom. The lowest BCUT2D eigenvalue weighted by atomic mass is 10.2. The summed E-state index contributed by atoms with van der Waals surface area (Å²) in [5, 5.41) is 5.98. The lowest BCUT2D eigenvalue weighted by Crippen LogP contribution is -2.35. The SMILES string of the molecule is C[C@H]1CC[C@@H](C(=O)NCCCNc2cccc(F)c2)O1. The van der Waals surface area contributed by atoms with Crippen molar-refractivity contribution < 1.29 is 13.9 Å². The molecule has 1 aliphatic heterocycles. The van der Waals surface area contributed by atoms with Gasteiger partial charge in [0.1, 0.15) is 11.9 Å². The van der Waals surface area contributed by atoms with E-state index >= 15 is 0 Å². The van der Waals surface area contributed by atoms with E-state index < -0.39 is 0 Å². The van der Waals surface area contributed by atoms with Crippen molar-refractivity contribution in [2.75, 3.05) is 18.4 Å². The molecule has 110 valence electrons. The Morgan fingerprint density at radius 2 is 2.25 bits per heavy atom. The summed E-state index contributed by atoms with van der Waals surface area (Å²) in [5.41, 5.74) is 0.754. The van der Waals surface area contributed by atoms with Gasteiger partial charge in [0.05, 0.1) is 6.10 Å². The van der Waals surface area contributed by atoms with Gasteiger partial charge >= 0.3 is 0 Å². The summed E-state index contributed by atoms with van der Waals surface area (Å²) < 4.78 is 18.4. The number of nitrogens with one attached hydrogen (secondary N) is 2. The van der Waals surface area contributed by atoms with Crippen LogP contribution in [0.25, 0.3) is 0 Å². The summed E-state index contributed by atoms with van der Waals surface area (Å²) in [7, 11) is 0. The number of ether oxygens (including phenoxy) is 1. The summed E-state index contributed by atoms with van der Waals surface area (Å²) in [6.07, 6.45) is 2.42. The molecule has 1 aliphatic rings. The summed E-state index contributed by atoms with van der Waals surface area (Å²) in [6.45, 7) is 3.26. The summed E-state index contributed by atoms with van der Waals surface area (Å²) in [6, 6.07) is 6.34. The number of carbonyl (C=O) groups excluding carboxylic acids is 1. The van der Waals surface area contributed by atoms with E-state index in [4.69, 9.17) is 4.74 Å². The zero-order valence-corrected chi connectivity index (χ0v) is 11.7. The van der Waals surface area contributed by atoms with Crippen LogP contribution in [0.1, 0.15) is 26.2 Å². The first-order valence-corrected chi connectivity index (χ1v) is 7.08. The van der Waals surface area contributed by atoms with E-state index in [-0.39, 0.29) is 23.9 Å². The highest BCUT2D eigenvalue weighted by Crippen LogP contribution is 2.18. The first-order chi connectivity index (χ1) is 9.65. The van der Waals surface area contributed by atoms with Crippen LogP contribution in [0.15, 0.2) is 24.3 Å². The molecule has 2 rings (SSSR count). The Hall–Kier alpha value is -1.62. The molecule has 1 heterocycles. The van der Waals surface area contributed by atoms with Crippen molar-refractivity contribution in [3.63, 3.8) is 0 Å². The van der Waals surface area contributed by atoms with Crippen molar-refractivity contribution in [3.8, 4) is 0 Å². The van der Waals surface area contributed by atoms with Crippen LogP contribution in [0.3, 0.4) is 0 Å². The molecule has 0 aliphatic carbocycles. The van der Waals surface area contributed by atoms with Crippen LogP contribution in [0.5, 0.6) is 0 Å². The van der Waals surface area contributed by atoms with Crippen LogP contribution in [0, 0.1) is 5.82 Å². The first kappa shape index (κ1) is 14.8. The Morgan fingerprint density at radius 3 is 2.95 bits per heavy atom. The molecule has 20 heavy (non-hydrogen) atoms. The Labute approximate surface area is 118 Å². The standard InChI is InChI=1S/C15H21FN2O2/c1-11-6-7-14(20-11)15(19)18-9-3-8-17-13-5-2-4-12(16)10-13/h2,4-5,10-11,14,17H,3,6-9H2,1H3,(H,18,19)/t11-,14-/m0/s1. The van der Waals surface area contributed by atoms with Gasteiger partial charge < -0.3 is 15.4 Å². The number of rotatable bonds is 6. The largest absolute Gasteiger partial charge is 0.385 e. The van der Waals surface area contributed by atoms with Gasteiger partial charge in [0, 0.05) is 18.8 Å². The lowest BCUT2D eigenvalue weighted by molar-refractivity contribution is -0.131. The first-order valence-electron chi connectivity index (χ1n) is 7.08. The van der Waals surface area contributed by atoms with E-state index in [9.17, 15) is 9.18 Å². The molecule has 1 aromatic rings. The maximum atomic E-state index is 12.9. The summed E-state index contributed by atoms with van der Waals surface area (Å²) in [4.78, 5) is 11.8. The van der Waals surface area contributed by atoms with Crippen LogP contribution in [-0.4, -0.2) is 31.2 Å². The maximum absolute atomic E-state index is 12.9. The highest BCUT2D eigenvalue weighted by molar-refractivity contribution is 5.80. The number of hydrogen-bond acceptors (Lipinski definition) is 3. The van der Waals surface area contributed by atoms with Crippen LogP contribution >= 0.6 is 0 Å². The predicted octanol–water partition coefficient (Wildman–Crippen LogP) is 2.31. The Kier molecular flexibility index (Phi) is 5.35. The molecule has 2 N–H and O–H groups in total. The molecule has 0 aromatic heterocycles. The van der Waals surface area contributed by atoms with E-state index in [1.807, 2.05) is 13.0 Å². The van der Waals surface area contributed by atoms with Gasteiger partial charge in [-0.1, -0.05) is 6.07 Å². The second-order valence-electron chi connectivity index (χ2n) is 5.09. The van der Waals surface area contributed by atoms with Crippen molar-refractivity contribution in [1.29, 1.82) is 0 Å². The topological polar surface area (TPSA) is 50.4 Å². The number of benzene rings is 1. The minimum Gasteiger partial charge on any atom is -0.385 e. The quantitative estimate of drug-likeness (QED) is 0.786. The number of carbonyl (C=O) groups is 1. The average Bonchev–Trinajstić information content (AvgIpc) is 2.85. The molecule has 0 saturated carbocycles. The zero-order chi connectivity index (χ0) is 14.4. The van der Waals surface area contributed by atoms with Crippen molar-refractivity contribution in [2.45, 2.75) is 38.4 Å². The van der Waals surface area contributed by atoms with Crippen LogP contribution < -0.4 is 10.6 Å². The highest BCUT2D eigenvalue weighted by Gasteiger charge is 2.27. The predicted molar refractivity (Wildman–Crippen MR) is 76.1 cm³/mol. The molecule has 0 unspecified atom stereocenters. The second kappa shape index (κ2) is 7.24. The fourth-order valence-corrected chi connectivity index (χ4v) is 2.24. The van der Waals surface area contributed by atoms with Crippen LogP contribution in [0.4, 0.5) is 10.1 Å². The third-order valence-corrected chi connectivity index (χ3v) is 3.33. The van der Waals surface area contributed by atoms with E-state index in [1.54, 1.807) is 6.07 Å². The molecule has 1 saturated heterocycles. The van der Waals surface area contributed by atoms with Crippen molar-refractivity contribution in [2.24, 2.45) is 0 Å². The summed E-state index contributed by atoms with van der Waals surface area (Å²) in [5.74, 6) is -0.282. The van der Waals surface area contributed by atoms with Gasteiger partial charge in [0.15, 0.2) is 0 Å². The second-order valence-corrected chi connectivity index (χ2v) is 5.09. The molecular formula is C15H21FN2O2. The normalized spacial score (nSPS) is 21.7. The summed E-state index contributed by atoms with van der Waals surface area (Å²) >= 11 is 0. The molecular weight excluding hydrogens is 259 g/mol. The zero-order valence-electron chi connectivity index (χ0n) is 11.7. The van der Waals surface area contributed by atoms with Crippen molar-refractivity contribution >= 4 is 11.6 Å². The molecule has 5 heteroatoms. The van der Waals surface area contributed by atoms with Gasteiger partial charge in [-0.2, -0.15) is 0 Å². The van der Waals surface area contributed by atoms with Crippen molar-refractivity contribution in [1.82, 2.24) is 5.32 Å². The average molecular weight is 280 g/mol. The lowest BCUT2D eigenvalue weighted by Gasteiger charge is -2.12. The van der Waals surface area contributed by atoms with E-state index in [0.717, 1.165) is 24.9 Å². The van der Waals surface area contributed by atoms with Gasteiger partial charge in [-0.3, -0.25) is 4.79 Å². The van der Waals surface area contributed by atoms with Gasteiger partial charge in [-0.25, -0.2) is 4.39 Å². The number of amides is 1. The smallest absolute Gasteiger partial charge is 0.249 e. The molecule has 1 amide bonds. The monoisotopic (exact) mass is 280 g/mol. The third kappa shape index (κ3) is 4.49. The Bertz CT molecular complexity index is 453. The van der Waals surface area contributed by atoms with Gasteiger partial charge in [-0.05, 0) is 44.4 Å². The molecule has 1 fully saturated rings. The van der Waals surface area contributed by atoms with Gasteiger partial charge in [0.25, 0.3) is 0 Å². The number of halogens is 1. The highest BCUT2D eigenvalue weighted by atomic mass is 19.1. The van der Waals surface area contributed by atoms with Gasteiger partial charge in [-0.15, -0.1) is 0 Å². The fraction of sp³-hybridized carbons (Fsp3) is 0.533. The fourth-order valence-electron chi connectivity index (χ4n) is 2.24. The van der Waals surface area contributed by atoms with Crippen molar-refractivity contribution in [3.05, 3.63) is 30.1 Å². The molecule has 0 radical (unpaired) electrons.